The topological polar surface area (TPSA) is 78.0 Å². The molecule has 0 aromatic carbocycles. The highest BCUT2D eigenvalue weighted by molar-refractivity contribution is 5.68. The molecule has 1 fully saturated rings. The summed E-state index contributed by atoms with van der Waals surface area (Å²) in [4.78, 5) is 11.7. The van der Waals surface area contributed by atoms with Crippen LogP contribution in [0.2, 0.25) is 0 Å². The molecule has 0 bridgehead atoms. The summed E-state index contributed by atoms with van der Waals surface area (Å²) in [6.07, 6.45) is 5.37. The molecular weight excluding hydrogens is 246 g/mol. The van der Waals surface area contributed by atoms with E-state index < -0.39 is 5.60 Å². The predicted molar refractivity (Wildman–Crippen MR) is 72.0 cm³/mol. The third-order valence-electron chi connectivity index (χ3n) is 3.24. The van der Waals surface area contributed by atoms with E-state index >= 15 is 0 Å². The van der Waals surface area contributed by atoms with Gasteiger partial charge in [-0.05, 0) is 46.5 Å². The fourth-order valence-electron chi connectivity index (χ4n) is 2.36. The number of alkyl carbamates (subject to hydrolysis) is 1. The summed E-state index contributed by atoms with van der Waals surface area (Å²) in [5.74, 6) is 0. The molecule has 1 heterocycles. The highest BCUT2D eigenvalue weighted by Crippen LogP contribution is 2.22. The van der Waals surface area contributed by atoms with E-state index in [1.54, 1.807) is 6.34 Å². The molecule has 2 rings (SSSR count). The Bertz CT molecular complexity index is 345. The lowest BCUT2D eigenvalue weighted by Crippen LogP contribution is -2.49. The molecule has 0 saturated heterocycles. The van der Waals surface area contributed by atoms with Crippen molar-refractivity contribution in [1.82, 2.24) is 21.4 Å². The van der Waals surface area contributed by atoms with Gasteiger partial charge in [-0.2, -0.15) is 5.10 Å². The largest absolute Gasteiger partial charge is 0.444 e. The summed E-state index contributed by atoms with van der Waals surface area (Å²) in [6, 6.07) is 0.633. The molecular formula is C12H23N5O2. The first kappa shape index (κ1) is 13.9. The maximum absolute atomic E-state index is 11.7. The Kier molecular flexibility index (Phi) is 4.14. The number of hydrogen-bond donors (Lipinski definition) is 3. The lowest BCUT2D eigenvalue weighted by atomic mass is 9.91. The Morgan fingerprint density at radius 2 is 2.05 bits per heavy atom. The Morgan fingerprint density at radius 3 is 2.58 bits per heavy atom. The summed E-state index contributed by atoms with van der Waals surface area (Å²) >= 11 is 0. The van der Waals surface area contributed by atoms with Gasteiger partial charge in [-0.15, -0.1) is 5.53 Å². The molecule has 7 heteroatoms. The Labute approximate surface area is 113 Å². The molecule has 2 aliphatic rings. The van der Waals surface area contributed by atoms with Crippen LogP contribution in [-0.4, -0.2) is 35.1 Å². The summed E-state index contributed by atoms with van der Waals surface area (Å²) < 4.78 is 5.26. The summed E-state index contributed by atoms with van der Waals surface area (Å²) in [6.45, 7) is 5.61. The second-order valence-corrected chi connectivity index (χ2v) is 6.03. The van der Waals surface area contributed by atoms with Crippen LogP contribution >= 0.6 is 0 Å². The van der Waals surface area contributed by atoms with Crippen molar-refractivity contribution >= 4 is 12.4 Å². The number of hydrazone groups is 1. The van der Waals surface area contributed by atoms with E-state index in [0.717, 1.165) is 25.7 Å². The van der Waals surface area contributed by atoms with Crippen LogP contribution in [0.3, 0.4) is 0 Å². The Hall–Kier alpha value is -1.50. The molecule has 0 aromatic heterocycles. The normalized spacial score (nSPS) is 27.0. The minimum Gasteiger partial charge on any atom is -0.444 e. The predicted octanol–water partition coefficient (Wildman–Crippen LogP) is 1.09. The molecule has 108 valence electrons. The molecule has 0 aromatic rings. The number of hydrogen-bond acceptors (Lipinski definition) is 6. The van der Waals surface area contributed by atoms with Gasteiger partial charge in [-0.1, -0.05) is 0 Å². The molecule has 1 aliphatic carbocycles. The molecule has 7 nitrogen and oxygen atoms in total. The average Bonchev–Trinajstić information content (AvgIpc) is 2.80. The van der Waals surface area contributed by atoms with Gasteiger partial charge in [0.15, 0.2) is 0 Å². The van der Waals surface area contributed by atoms with E-state index in [0.29, 0.717) is 6.04 Å². The minimum absolute atomic E-state index is 0.207. The highest BCUT2D eigenvalue weighted by Gasteiger charge is 2.28. The Balaban J connectivity index is 1.71. The minimum atomic E-state index is -0.442. The van der Waals surface area contributed by atoms with Crippen molar-refractivity contribution < 1.29 is 9.53 Å². The molecule has 19 heavy (non-hydrogen) atoms. The van der Waals surface area contributed by atoms with Gasteiger partial charge in [-0.25, -0.2) is 10.3 Å². The first-order valence-electron chi connectivity index (χ1n) is 6.76. The summed E-state index contributed by atoms with van der Waals surface area (Å²) in [5.41, 5.74) is 5.21. The number of hydrazine groups is 2. The Morgan fingerprint density at radius 1 is 1.37 bits per heavy atom. The highest BCUT2D eigenvalue weighted by atomic mass is 16.6. The lowest BCUT2D eigenvalue weighted by molar-refractivity contribution is 0.0480. The quantitative estimate of drug-likeness (QED) is 0.699. The van der Waals surface area contributed by atoms with Gasteiger partial charge in [0.1, 0.15) is 11.9 Å². The first-order valence-corrected chi connectivity index (χ1v) is 6.76. The van der Waals surface area contributed by atoms with Crippen LogP contribution < -0.4 is 16.4 Å². The average molecular weight is 269 g/mol. The summed E-state index contributed by atoms with van der Waals surface area (Å²) in [5, 5.41) is 8.81. The standard InChI is InChI=1S/C12H23N5O2/c1-12(2,3)19-11(18)14-9-4-6-10(7-5-9)17-8-13-15-16-17/h8-10,15-16H,4-7H2,1-3H3,(H,14,18). The third-order valence-corrected chi connectivity index (χ3v) is 3.24. The van der Waals surface area contributed by atoms with Gasteiger partial charge in [0.05, 0.1) is 0 Å². The molecule has 1 saturated carbocycles. The van der Waals surface area contributed by atoms with Crippen LogP contribution in [0.4, 0.5) is 4.79 Å². The van der Waals surface area contributed by atoms with Gasteiger partial charge in [-0.3, -0.25) is 5.01 Å². The molecule has 1 aliphatic heterocycles. The number of carbonyl (C=O) groups excluding carboxylic acids is 1. The fourth-order valence-corrected chi connectivity index (χ4v) is 2.36. The van der Waals surface area contributed by atoms with Crippen LogP contribution in [0.25, 0.3) is 0 Å². The molecule has 0 spiro atoms. The SMILES string of the molecule is CC(C)(C)OC(=O)NC1CCC(N2C=NNN2)CC1. The summed E-state index contributed by atoms with van der Waals surface area (Å²) in [7, 11) is 0. The van der Waals surface area contributed by atoms with Crippen molar-refractivity contribution in [3.8, 4) is 0 Å². The van der Waals surface area contributed by atoms with Gasteiger partial charge in [0.2, 0.25) is 0 Å². The van der Waals surface area contributed by atoms with Gasteiger partial charge in [0, 0.05) is 12.1 Å². The zero-order valence-electron chi connectivity index (χ0n) is 11.8. The van der Waals surface area contributed by atoms with Crippen LogP contribution in [0.15, 0.2) is 5.10 Å². The fraction of sp³-hybridized carbons (Fsp3) is 0.833. The second kappa shape index (κ2) is 5.64. The molecule has 0 atom stereocenters. The van der Waals surface area contributed by atoms with Gasteiger partial charge >= 0.3 is 6.09 Å². The first-order chi connectivity index (χ1) is 8.94. The van der Waals surface area contributed by atoms with Crippen LogP contribution in [0.5, 0.6) is 0 Å². The number of carbonyl (C=O) groups is 1. The van der Waals surface area contributed by atoms with E-state index in [2.05, 4.69) is 21.5 Å². The van der Waals surface area contributed by atoms with Gasteiger partial charge in [0.25, 0.3) is 0 Å². The number of nitrogens with one attached hydrogen (secondary N) is 3. The van der Waals surface area contributed by atoms with E-state index in [1.807, 2.05) is 25.8 Å². The molecule has 0 unspecified atom stereocenters. The maximum atomic E-state index is 11.7. The number of amides is 1. The van der Waals surface area contributed by atoms with Crippen molar-refractivity contribution in [1.29, 1.82) is 0 Å². The molecule has 0 radical (unpaired) electrons. The van der Waals surface area contributed by atoms with Crippen molar-refractivity contribution in [2.45, 2.75) is 64.1 Å². The third kappa shape index (κ3) is 4.27. The number of nitrogens with zero attached hydrogens (tertiary/aromatic N) is 2. The van der Waals surface area contributed by atoms with Crippen LogP contribution in [0.1, 0.15) is 46.5 Å². The molecule has 1 amide bonds. The lowest BCUT2D eigenvalue weighted by Gasteiger charge is -2.33. The van der Waals surface area contributed by atoms with Crippen molar-refractivity contribution in [2.24, 2.45) is 5.10 Å². The van der Waals surface area contributed by atoms with Crippen molar-refractivity contribution in [3.05, 3.63) is 0 Å². The maximum Gasteiger partial charge on any atom is 0.407 e. The van der Waals surface area contributed by atoms with E-state index in [-0.39, 0.29) is 12.1 Å². The van der Waals surface area contributed by atoms with E-state index in [4.69, 9.17) is 4.74 Å². The van der Waals surface area contributed by atoms with Gasteiger partial charge < -0.3 is 10.1 Å². The van der Waals surface area contributed by atoms with Crippen molar-refractivity contribution in [2.75, 3.05) is 0 Å². The van der Waals surface area contributed by atoms with Crippen LogP contribution in [-0.2, 0) is 4.74 Å². The van der Waals surface area contributed by atoms with E-state index in [9.17, 15) is 4.79 Å². The zero-order valence-corrected chi connectivity index (χ0v) is 11.8. The van der Waals surface area contributed by atoms with Crippen molar-refractivity contribution in [3.63, 3.8) is 0 Å². The zero-order chi connectivity index (χ0) is 13.9. The molecule has 3 N–H and O–H groups in total. The van der Waals surface area contributed by atoms with E-state index in [1.165, 1.54) is 0 Å². The smallest absolute Gasteiger partial charge is 0.407 e. The van der Waals surface area contributed by atoms with Crippen LogP contribution in [0, 0.1) is 0 Å². The number of ether oxygens (including phenoxy) is 1. The second-order valence-electron chi connectivity index (χ2n) is 6.03. The number of rotatable bonds is 2. The monoisotopic (exact) mass is 269 g/mol.